The molecule has 1 heterocycles. The van der Waals surface area contributed by atoms with Crippen molar-refractivity contribution in [2.75, 3.05) is 32.5 Å². The van der Waals surface area contributed by atoms with Crippen molar-refractivity contribution < 1.29 is 4.57 Å². The van der Waals surface area contributed by atoms with Crippen molar-refractivity contribution in [1.29, 1.82) is 0 Å². The van der Waals surface area contributed by atoms with Crippen LogP contribution < -0.4 is 5.30 Å². The molecule has 0 aliphatic carbocycles. The Balaban J connectivity index is 2.23. The second-order valence-corrected chi connectivity index (χ2v) is 8.22. The minimum absolute atomic E-state index is 0.825. The Morgan fingerprint density at radius 2 is 1.73 bits per heavy atom. The van der Waals surface area contributed by atoms with E-state index in [9.17, 15) is 4.57 Å². The molecule has 0 N–H and O–H groups in total. The molecule has 1 aliphatic rings. The van der Waals surface area contributed by atoms with E-state index in [4.69, 9.17) is 0 Å². The Labute approximate surface area is 99.2 Å². The van der Waals surface area contributed by atoms with E-state index >= 15 is 0 Å². The first-order chi connectivity index (χ1) is 7.10. The summed E-state index contributed by atoms with van der Waals surface area (Å²) in [5.74, 6) is 0. The standard InChI is InChI=1S/C11H15BrNOP/c1-13-6-8-15(14,9-7-13)11-4-2-10(12)3-5-11/h2-5H,6-9H2,1H3. The van der Waals surface area contributed by atoms with Crippen LogP contribution in [0.5, 0.6) is 0 Å². The second kappa shape index (κ2) is 4.40. The van der Waals surface area contributed by atoms with E-state index < -0.39 is 7.14 Å². The second-order valence-electron chi connectivity index (χ2n) is 4.12. The van der Waals surface area contributed by atoms with Crippen molar-refractivity contribution in [3.8, 4) is 0 Å². The van der Waals surface area contributed by atoms with Crippen molar-refractivity contribution in [3.63, 3.8) is 0 Å². The summed E-state index contributed by atoms with van der Waals surface area (Å²) in [6.07, 6.45) is 1.65. The predicted octanol–water partition coefficient (Wildman–Crippen LogP) is 2.38. The van der Waals surface area contributed by atoms with Gasteiger partial charge in [-0.1, -0.05) is 28.1 Å². The van der Waals surface area contributed by atoms with Crippen LogP contribution in [0.1, 0.15) is 0 Å². The third kappa shape index (κ3) is 2.52. The molecule has 0 saturated carbocycles. The molecule has 4 heteroatoms. The van der Waals surface area contributed by atoms with Gasteiger partial charge in [0.15, 0.2) is 0 Å². The Kier molecular flexibility index (Phi) is 3.34. The Morgan fingerprint density at radius 1 is 1.20 bits per heavy atom. The van der Waals surface area contributed by atoms with E-state index in [-0.39, 0.29) is 0 Å². The lowest BCUT2D eigenvalue weighted by Gasteiger charge is -2.29. The normalized spacial score (nSPS) is 21.5. The molecule has 82 valence electrons. The molecule has 1 aromatic carbocycles. The Morgan fingerprint density at radius 3 is 2.27 bits per heavy atom. The zero-order chi connectivity index (χ0) is 10.9. The molecule has 0 amide bonds. The van der Waals surface area contributed by atoms with Crippen LogP contribution in [-0.4, -0.2) is 37.4 Å². The van der Waals surface area contributed by atoms with Gasteiger partial charge in [0.05, 0.1) is 0 Å². The van der Waals surface area contributed by atoms with Gasteiger partial charge in [0.1, 0.15) is 7.14 Å². The van der Waals surface area contributed by atoms with E-state index in [0.29, 0.717) is 0 Å². The van der Waals surface area contributed by atoms with Gasteiger partial charge in [0.2, 0.25) is 0 Å². The molecule has 2 nitrogen and oxygen atoms in total. The lowest BCUT2D eigenvalue weighted by molar-refractivity contribution is 0.361. The fourth-order valence-corrected chi connectivity index (χ4v) is 4.88. The highest BCUT2D eigenvalue weighted by Crippen LogP contribution is 2.45. The number of rotatable bonds is 1. The highest BCUT2D eigenvalue weighted by molar-refractivity contribution is 9.10. The highest BCUT2D eigenvalue weighted by atomic mass is 79.9. The summed E-state index contributed by atoms with van der Waals surface area (Å²) in [4.78, 5) is 2.25. The fraction of sp³-hybridized carbons (Fsp3) is 0.455. The van der Waals surface area contributed by atoms with Gasteiger partial charge in [-0.05, 0) is 19.2 Å². The van der Waals surface area contributed by atoms with Crippen LogP contribution >= 0.6 is 23.1 Å². The third-order valence-electron chi connectivity index (χ3n) is 2.98. The maximum atomic E-state index is 12.6. The summed E-state index contributed by atoms with van der Waals surface area (Å²) < 4.78 is 13.7. The molecule has 2 rings (SSSR count). The Hall–Kier alpha value is -0.110. The van der Waals surface area contributed by atoms with Crippen molar-refractivity contribution in [1.82, 2.24) is 4.90 Å². The first kappa shape index (κ1) is 11.4. The predicted molar refractivity (Wildman–Crippen MR) is 68.6 cm³/mol. The topological polar surface area (TPSA) is 20.3 Å². The summed E-state index contributed by atoms with van der Waals surface area (Å²) in [5, 5.41) is 1.04. The van der Waals surface area contributed by atoms with E-state index in [1.807, 2.05) is 24.3 Å². The zero-order valence-corrected chi connectivity index (χ0v) is 11.3. The lowest BCUT2D eigenvalue weighted by atomic mass is 10.4. The van der Waals surface area contributed by atoms with E-state index in [1.165, 1.54) is 0 Å². The van der Waals surface area contributed by atoms with Crippen molar-refractivity contribution >= 4 is 28.4 Å². The molecule has 0 atom stereocenters. The SMILES string of the molecule is CN1CCP(=O)(c2ccc(Br)cc2)CC1. The van der Waals surface area contributed by atoms with Crippen LogP contribution in [0.4, 0.5) is 0 Å². The molecule has 1 saturated heterocycles. The van der Waals surface area contributed by atoms with Crippen molar-refractivity contribution in [2.45, 2.75) is 0 Å². The number of hydrogen-bond acceptors (Lipinski definition) is 2. The van der Waals surface area contributed by atoms with Gasteiger partial charge in [0, 0.05) is 35.2 Å². The van der Waals surface area contributed by atoms with Gasteiger partial charge in [-0.2, -0.15) is 0 Å². The van der Waals surface area contributed by atoms with Crippen molar-refractivity contribution in [3.05, 3.63) is 28.7 Å². The molecule has 0 spiro atoms. The molecule has 1 aliphatic heterocycles. The molecular weight excluding hydrogens is 273 g/mol. The maximum Gasteiger partial charge on any atom is 0.118 e. The number of benzene rings is 1. The number of halogens is 1. The van der Waals surface area contributed by atoms with E-state index in [2.05, 4.69) is 27.9 Å². The smallest absolute Gasteiger partial charge is 0.118 e. The van der Waals surface area contributed by atoms with Crippen LogP contribution in [0.3, 0.4) is 0 Å². The minimum atomic E-state index is -2.09. The van der Waals surface area contributed by atoms with Crippen molar-refractivity contribution in [2.24, 2.45) is 0 Å². The monoisotopic (exact) mass is 287 g/mol. The number of hydrogen-bond donors (Lipinski definition) is 0. The van der Waals surface area contributed by atoms with Crippen LogP contribution in [0.15, 0.2) is 28.7 Å². The van der Waals surface area contributed by atoms with Gasteiger partial charge in [-0.3, -0.25) is 0 Å². The van der Waals surface area contributed by atoms with Crippen LogP contribution in [0.25, 0.3) is 0 Å². The first-order valence-electron chi connectivity index (χ1n) is 5.13. The first-order valence-corrected chi connectivity index (χ1v) is 8.00. The summed E-state index contributed by atoms with van der Waals surface area (Å²) in [6, 6.07) is 7.95. The summed E-state index contributed by atoms with van der Waals surface area (Å²) >= 11 is 3.40. The zero-order valence-electron chi connectivity index (χ0n) is 8.82. The molecule has 1 fully saturated rings. The molecule has 1 aromatic rings. The molecule has 0 aromatic heterocycles. The minimum Gasteiger partial charge on any atom is -0.319 e. The average molecular weight is 288 g/mol. The number of nitrogens with zero attached hydrogens (tertiary/aromatic N) is 1. The van der Waals surface area contributed by atoms with Gasteiger partial charge in [-0.25, -0.2) is 0 Å². The average Bonchev–Trinajstić information content (AvgIpc) is 2.24. The molecule has 15 heavy (non-hydrogen) atoms. The quantitative estimate of drug-likeness (QED) is 0.740. The van der Waals surface area contributed by atoms with Gasteiger partial charge >= 0.3 is 0 Å². The van der Waals surface area contributed by atoms with Gasteiger partial charge in [-0.15, -0.1) is 0 Å². The van der Waals surface area contributed by atoms with Crippen LogP contribution in [0.2, 0.25) is 0 Å². The van der Waals surface area contributed by atoms with Crippen LogP contribution in [-0.2, 0) is 4.57 Å². The van der Waals surface area contributed by atoms with Gasteiger partial charge in [0.25, 0.3) is 0 Å². The summed E-state index contributed by atoms with van der Waals surface area (Å²) in [6.45, 7) is 1.90. The third-order valence-corrected chi connectivity index (χ3v) is 6.60. The maximum absolute atomic E-state index is 12.6. The van der Waals surface area contributed by atoms with Gasteiger partial charge < -0.3 is 9.46 Å². The largest absolute Gasteiger partial charge is 0.319 e. The molecule has 0 unspecified atom stereocenters. The fourth-order valence-electron chi connectivity index (χ4n) is 1.86. The summed E-state index contributed by atoms with van der Waals surface area (Å²) in [5.41, 5.74) is 0. The Bertz CT molecular complexity index is 378. The summed E-state index contributed by atoms with van der Waals surface area (Å²) in [7, 11) is 0.00287. The molecule has 0 bridgehead atoms. The van der Waals surface area contributed by atoms with E-state index in [0.717, 1.165) is 35.2 Å². The molecular formula is C11H15BrNOP. The van der Waals surface area contributed by atoms with E-state index in [1.54, 1.807) is 0 Å². The lowest BCUT2D eigenvalue weighted by Crippen LogP contribution is -2.34. The highest BCUT2D eigenvalue weighted by Gasteiger charge is 2.28. The van der Waals surface area contributed by atoms with Crippen LogP contribution in [0, 0.1) is 0 Å². The molecule has 0 radical (unpaired) electrons.